The van der Waals surface area contributed by atoms with E-state index in [0.29, 0.717) is 24.0 Å². The molecule has 1 aliphatic carbocycles. The maximum atomic E-state index is 11.0. The highest BCUT2D eigenvalue weighted by molar-refractivity contribution is 7.86. The second-order valence-corrected chi connectivity index (χ2v) is 6.29. The lowest BCUT2D eigenvalue weighted by Gasteiger charge is -2.16. The zero-order valence-corrected chi connectivity index (χ0v) is 11.9. The molecule has 1 aromatic rings. The smallest absolute Gasteiger partial charge is 0.267 e. The summed E-state index contributed by atoms with van der Waals surface area (Å²) in [6.45, 7) is 2.19. The van der Waals surface area contributed by atoms with Gasteiger partial charge in [-0.1, -0.05) is 12.1 Å². The van der Waals surface area contributed by atoms with Crippen molar-refractivity contribution in [2.75, 3.05) is 12.9 Å². The van der Waals surface area contributed by atoms with Gasteiger partial charge in [0.05, 0.1) is 12.9 Å². The third-order valence-electron chi connectivity index (χ3n) is 2.62. The average molecular weight is 286 g/mol. The first-order chi connectivity index (χ1) is 8.94. The molecular formula is C13H18O5S. The topological polar surface area (TPSA) is 61.8 Å². The summed E-state index contributed by atoms with van der Waals surface area (Å²) >= 11 is 0. The average Bonchev–Trinajstić information content (AvgIpc) is 3.09. The lowest BCUT2D eigenvalue weighted by molar-refractivity contribution is 0.0263. The van der Waals surface area contributed by atoms with Gasteiger partial charge in [0, 0.05) is 0 Å². The Morgan fingerprint density at radius 2 is 1.89 bits per heavy atom. The molecule has 6 heteroatoms. The number of para-hydroxylation sites is 2. The number of hydrogen-bond donors (Lipinski definition) is 0. The number of rotatable bonds is 7. The van der Waals surface area contributed by atoms with Crippen LogP contribution in [0.1, 0.15) is 19.8 Å². The van der Waals surface area contributed by atoms with Crippen LogP contribution in [0.25, 0.3) is 0 Å². The van der Waals surface area contributed by atoms with Gasteiger partial charge in [-0.15, -0.1) is 0 Å². The van der Waals surface area contributed by atoms with E-state index in [9.17, 15) is 8.42 Å². The third kappa shape index (κ3) is 5.08. The zero-order chi connectivity index (χ0) is 13.9. The van der Waals surface area contributed by atoms with Crippen molar-refractivity contribution >= 4 is 10.1 Å². The van der Waals surface area contributed by atoms with Crippen molar-refractivity contribution in [3.05, 3.63) is 24.3 Å². The van der Waals surface area contributed by atoms with Crippen molar-refractivity contribution in [2.24, 2.45) is 5.92 Å². The largest absolute Gasteiger partial charge is 0.489 e. The van der Waals surface area contributed by atoms with Crippen LogP contribution in [0.3, 0.4) is 0 Å². The summed E-state index contributed by atoms with van der Waals surface area (Å²) in [4.78, 5) is 0. The highest BCUT2D eigenvalue weighted by Crippen LogP contribution is 2.33. The van der Waals surface area contributed by atoms with Gasteiger partial charge in [-0.25, -0.2) is 4.18 Å². The van der Waals surface area contributed by atoms with Crippen LogP contribution in [0.5, 0.6) is 11.5 Å². The van der Waals surface area contributed by atoms with Crippen molar-refractivity contribution in [1.82, 2.24) is 0 Å². The first-order valence-electron chi connectivity index (χ1n) is 6.21. The van der Waals surface area contributed by atoms with E-state index >= 15 is 0 Å². The lowest BCUT2D eigenvalue weighted by Crippen LogP contribution is -2.20. The third-order valence-corrected chi connectivity index (χ3v) is 3.24. The molecule has 1 atom stereocenters. The minimum atomic E-state index is -3.54. The number of ether oxygens (including phenoxy) is 2. The molecule has 0 bridgehead atoms. The molecule has 1 aliphatic rings. The Labute approximate surface area is 113 Å². The first-order valence-corrected chi connectivity index (χ1v) is 8.02. The van der Waals surface area contributed by atoms with Crippen LogP contribution in [-0.4, -0.2) is 27.6 Å². The van der Waals surface area contributed by atoms with Gasteiger partial charge in [-0.2, -0.15) is 8.42 Å². The van der Waals surface area contributed by atoms with E-state index in [1.807, 2.05) is 6.07 Å². The van der Waals surface area contributed by atoms with Crippen molar-refractivity contribution < 1.29 is 22.1 Å². The molecular weight excluding hydrogens is 268 g/mol. The van der Waals surface area contributed by atoms with E-state index in [-0.39, 0.29) is 0 Å². The van der Waals surface area contributed by atoms with Gasteiger partial charge >= 0.3 is 0 Å². The van der Waals surface area contributed by atoms with Gasteiger partial charge in [0.1, 0.15) is 0 Å². The van der Waals surface area contributed by atoms with Gasteiger partial charge in [0.25, 0.3) is 10.1 Å². The number of benzene rings is 1. The van der Waals surface area contributed by atoms with Crippen LogP contribution in [0.2, 0.25) is 0 Å². The van der Waals surface area contributed by atoms with E-state index in [1.165, 1.54) is 19.8 Å². The summed E-state index contributed by atoms with van der Waals surface area (Å²) in [6, 6.07) is 7.17. The minimum absolute atomic E-state index is 0.485. The van der Waals surface area contributed by atoms with Crippen LogP contribution < -0.4 is 9.47 Å². The van der Waals surface area contributed by atoms with Crippen LogP contribution in [0.15, 0.2) is 24.3 Å². The maximum absolute atomic E-state index is 11.0. The zero-order valence-electron chi connectivity index (χ0n) is 11.0. The normalized spacial score (nSPS) is 16.9. The van der Waals surface area contributed by atoms with Gasteiger partial charge in [0.2, 0.25) is 6.29 Å². The molecule has 1 aromatic carbocycles. The Hall–Kier alpha value is -1.27. The SMILES string of the molecule is CC(Oc1ccccc1OCC1CC1)OS(C)(=O)=O. The van der Waals surface area contributed by atoms with Gasteiger partial charge in [-0.05, 0) is 37.8 Å². The summed E-state index contributed by atoms with van der Waals surface area (Å²) in [6.07, 6.45) is 2.51. The predicted molar refractivity (Wildman–Crippen MR) is 70.7 cm³/mol. The highest BCUT2D eigenvalue weighted by Gasteiger charge is 2.22. The van der Waals surface area contributed by atoms with Crippen LogP contribution in [0.4, 0.5) is 0 Å². The van der Waals surface area contributed by atoms with Gasteiger partial charge < -0.3 is 9.47 Å². The fourth-order valence-electron chi connectivity index (χ4n) is 1.60. The minimum Gasteiger partial charge on any atom is -0.489 e. The van der Waals surface area contributed by atoms with Crippen LogP contribution in [0, 0.1) is 5.92 Å². The first kappa shape index (κ1) is 14.1. The molecule has 0 spiro atoms. The molecule has 0 amide bonds. The Balaban J connectivity index is 1.97. The Morgan fingerprint density at radius 3 is 2.47 bits per heavy atom. The van der Waals surface area contributed by atoms with Crippen molar-refractivity contribution in [2.45, 2.75) is 26.1 Å². The molecule has 0 aromatic heterocycles. The Morgan fingerprint density at radius 1 is 1.26 bits per heavy atom. The van der Waals surface area contributed by atoms with Crippen molar-refractivity contribution in [3.63, 3.8) is 0 Å². The summed E-state index contributed by atoms with van der Waals surface area (Å²) in [7, 11) is -3.54. The molecule has 1 unspecified atom stereocenters. The standard InChI is InChI=1S/C13H18O5S/c1-10(18-19(2,14)15)17-13-6-4-3-5-12(13)16-9-11-7-8-11/h3-6,10-11H,7-9H2,1-2H3. The van der Waals surface area contributed by atoms with E-state index in [1.54, 1.807) is 18.2 Å². The summed E-state index contributed by atoms with van der Waals surface area (Å²) in [5.74, 6) is 1.73. The number of hydrogen-bond acceptors (Lipinski definition) is 5. The van der Waals surface area contributed by atoms with E-state index in [2.05, 4.69) is 0 Å². The lowest BCUT2D eigenvalue weighted by atomic mass is 10.3. The molecule has 0 saturated heterocycles. The predicted octanol–water partition coefficient (Wildman–Crippen LogP) is 2.18. The summed E-state index contributed by atoms with van der Waals surface area (Å²) < 4.78 is 37.9. The molecule has 1 fully saturated rings. The molecule has 0 aliphatic heterocycles. The highest BCUT2D eigenvalue weighted by atomic mass is 32.2. The van der Waals surface area contributed by atoms with Crippen molar-refractivity contribution in [1.29, 1.82) is 0 Å². The molecule has 0 N–H and O–H groups in total. The fourth-order valence-corrected chi connectivity index (χ4v) is 2.14. The maximum Gasteiger partial charge on any atom is 0.267 e. The summed E-state index contributed by atoms with van der Waals surface area (Å²) in [5, 5.41) is 0. The Kier molecular flexibility index (Phi) is 4.31. The molecule has 5 nitrogen and oxygen atoms in total. The molecule has 0 radical (unpaired) electrons. The Bertz CT molecular complexity index is 522. The van der Waals surface area contributed by atoms with Crippen molar-refractivity contribution in [3.8, 4) is 11.5 Å². The monoisotopic (exact) mass is 286 g/mol. The molecule has 0 heterocycles. The molecule has 106 valence electrons. The molecule has 2 rings (SSSR count). The molecule has 19 heavy (non-hydrogen) atoms. The second-order valence-electron chi connectivity index (χ2n) is 4.69. The molecule has 1 saturated carbocycles. The van der Waals surface area contributed by atoms with E-state index in [4.69, 9.17) is 13.7 Å². The van der Waals surface area contributed by atoms with E-state index < -0.39 is 16.4 Å². The van der Waals surface area contributed by atoms with E-state index in [0.717, 1.165) is 6.26 Å². The fraction of sp³-hybridized carbons (Fsp3) is 0.538. The van der Waals surface area contributed by atoms with Gasteiger partial charge in [0.15, 0.2) is 11.5 Å². The summed E-state index contributed by atoms with van der Waals surface area (Å²) in [5.41, 5.74) is 0. The van der Waals surface area contributed by atoms with Gasteiger partial charge in [-0.3, -0.25) is 0 Å². The van der Waals surface area contributed by atoms with Crippen LogP contribution >= 0.6 is 0 Å². The van der Waals surface area contributed by atoms with Crippen LogP contribution in [-0.2, 0) is 14.3 Å². The second kappa shape index (κ2) is 5.79. The quantitative estimate of drug-likeness (QED) is 0.568.